The molecule has 0 amide bonds. The molecule has 5 nitrogen and oxygen atoms in total. The van der Waals surface area contributed by atoms with Crippen LogP contribution in [0.4, 0.5) is 4.39 Å². The average molecular weight is 408 g/mol. The van der Waals surface area contributed by atoms with Crippen molar-refractivity contribution in [1.82, 2.24) is 9.88 Å². The number of hydrogen-bond donors (Lipinski definition) is 1. The van der Waals surface area contributed by atoms with E-state index in [1.54, 1.807) is 13.2 Å². The SMILES string of the molecule is COc1ccc2[nH]c(=O)cc(C(CC(=O)c3ccc(F)cc3)N3CCCCC3)c2c1. The summed E-state index contributed by atoms with van der Waals surface area (Å²) in [5.74, 6) is 0.256. The van der Waals surface area contributed by atoms with Crippen LogP contribution in [0.2, 0.25) is 0 Å². The highest BCUT2D eigenvalue weighted by Gasteiger charge is 2.27. The maximum atomic E-state index is 13.3. The molecule has 1 fully saturated rings. The standard InChI is InChI=1S/C24H25FN2O3/c1-30-18-9-10-21-19(13-18)20(14-24(29)26-21)22(27-11-3-2-4-12-27)15-23(28)16-5-7-17(25)8-6-16/h5-10,13-14,22H,2-4,11-12,15H2,1H3,(H,26,29). The van der Waals surface area contributed by atoms with Crippen LogP contribution in [-0.2, 0) is 0 Å². The number of aromatic amines is 1. The first kappa shape index (κ1) is 20.3. The predicted octanol–water partition coefficient (Wildman–Crippen LogP) is 4.48. The van der Waals surface area contributed by atoms with Gasteiger partial charge in [0.2, 0.25) is 5.56 Å². The largest absolute Gasteiger partial charge is 0.497 e. The number of likely N-dealkylation sites (tertiary alicyclic amines) is 1. The third kappa shape index (κ3) is 4.28. The first-order valence-corrected chi connectivity index (χ1v) is 10.3. The van der Waals surface area contributed by atoms with Crippen LogP contribution in [-0.4, -0.2) is 35.9 Å². The molecule has 0 spiro atoms. The molecule has 1 N–H and O–H groups in total. The second kappa shape index (κ2) is 8.79. The predicted molar refractivity (Wildman–Crippen MR) is 115 cm³/mol. The number of hydrogen-bond acceptors (Lipinski definition) is 4. The summed E-state index contributed by atoms with van der Waals surface area (Å²) in [6.45, 7) is 1.75. The zero-order valence-electron chi connectivity index (χ0n) is 17.0. The molecule has 0 saturated carbocycles. The summed E-state index contributed by atoms with van der Waals surface area (Å²) in [6, 6.07) is 12.5. The first-order chi connectivity index (χ1) is 14.5. The van der Waals surface area contributed by atoms with Gasteiger partial charge in [-0.05, 0) is 74.0 Å². The average Bonchev–Trinajstić information content (AvgIpc) is 2.77. The van der Waals surface area contributed by atoms with Gasteiger partial charge in [0, 0.05) is 35.0 Å². The summed E-state index contributed by atoms with van der Waals surface area (Å²) in [5, 5.41) is 0.872. The van der Waals surface area contributed by atoms with E-state index >= 15 is 0 Å². The summed E-state index contributed by atoms with van der Waals surface area (Å²) in [7, 11) is 1.60. The molecule has 1 aliphatic heterocycles. The van der Waals surface area contributed by atoms with Crippen molar-refractivity contribution in [2.24, 2.45) is 0 Å². The number of piperidine rings is 1. The van der Waals surface area contributed by atoms with Crippen LogP contribution in [0.3, 0.4) is 0 Å². The third-order valence-electron chi connectivity index (χ3n) is 5.82. The number of carbonyl (C=O) groups excluding carboxylic acids is 1. The normalized spacial score (nSPS) is 15.8. The molecule has 4 rings (SSSR count). The minimum absolute atomic E-state index is 0.0677. The highest BCUT2D eigenvalue weighted by atomic mass is 19.1. The van der Waals surface area contributed by atoms with Crippen molar-refractivity contribution in [3.8, 4) is 5.75 Å². The van der Waals surface area contributed by atoms with Crippen molar-refractivity contribution in [1.29, 1.82) is 0 Å². The van der Waals surface area contributed by atoms with E-state index in [1.165, 1.54) is 30.7 Å². The van der Waals surface area contributed by atoms with Crippen LogP contribution in [0, 0.1) is 5.82 Å². The van der Waals surface area contributed by atoms with E-state index in [0.29, 0.717) is 11.3 Å². The van der Waals surface area contributed by atoms with Crippen LogP contribution in [0.15, 0.2) is 53.3 Å². The molecular weight excluding hydrogens is 383 g/mol. The Morgan fingerprint density at radius 1 is 1.10 bits per heavy atom. The van der Waals surface area contributed by atoms with E-state index in [1.807, 2.05) is 18.2 Å². The van der Waals surface area contributed by atoms with Crippen LogP contribution in [0.1, 0.15) is 47.6 Å². The fourth-order valence-corrected chi connectivity index (χ4v) is 4.26. The van der Waals surface area contributed by atoms with Gasteiger partial charge < -0.3 is 9.72 Å². The number of nitrogens with one attached hydrogen (secondary N) is 1. The molecule has 1 aliphatic rings. The Bertz CT molecular complexity index is 1100. The Hall–Kier alpha value is -2.99. The van der Waals surface area contributed by atoms with Crippen molar-refractivity contribution >= 4 is 16.7 Å². The lowest BCUT2D eigenvalue weighted by Gasteiger charge is -2.35. The number of pyridine rings is 1. The first-order valence-electron chi connectivity index (χ1n) is 10.3. The van der Waals surface area contributed by atoms with Gasteiger partial charge in [0.15, 0.2) is 5.78 Å². The minimum atomic E-state index is -0.369. The summed E-state index contributed by atoms with van der Waals surface area (Å²) in [6.07, 6.45) is 3.51. The number of ether oxygens (including phenoxy) is 1. The smallest absolute Gasteiger partial charge is 0.248 e. The number of aromatic nitrogens is 1. The van der Waals surface area contributed by atoms with Gasteiger partial charge in [-0.25, -0.2) is 4.39 Å². The molecule has 1 saturated heterocycles. The number of carbonyl (C=O) groups is 1. The number of halogens is 1. The number of benzene rings is 2. The lowest BCUT2D eigenvalue weighted by Crippen LogP contribution is -2.35. The molecule has 2 aromatic carbocycles. The second-order valence-corrected chi connectivity index (χ2v) is 7.75. The summed E-state index contributed by atoms with van der Waals surface area (Å²) in [5.41, 5.74) is 1.82. The van der Waals surface area contributed by atoms with Gasteiger partial charge in [-0.3, -0.25) is 14.5 Å². The number of nitrogens with zero attached hydrogens (tertiary/aromatic N) is 1. The van der Waals surface area contributed by atoms with Gasteiger partial charge in [0.05, 0.1) is 7.11 Å². The summed E-state index contributed by atoms with van der Waals surface area (Å²) >= 11 is 0. The molecular formula is C24H25FN2O3. The highest BCUT2D eigenvalue weighted by molar-refractivity contribution is 5.97. The van der Waals surface area contributed by atoms with E-state index in [4.69, 9.17) is 4.74 Å². The third-order valence-corrected chi connectivity index (χ3v) is 5.82. The van der Waals surface area contributed by atoms with E-state index < -0.39 is 0 Å². The fraction of sp³-hybridized carbons (Fsp3) is 0.333. The molecule has 156 valence electrons. The topological polar surface area (TPSA) is 62.4 Å². The van der Waals surface area contributed by atoms with Gasteiger partial charge in [-0.2, -0.15) is 0 Å². The maximum absolute atomic E-state index is 13.3. The molecule has 0 aliphatic carbocycles. The van der Waals surface area contributed by atoms with Crippen molar-refractivity contribution in [3.05, 3.63) is 75.8 Å². The molecule has 1 unspecified atom stereocenters. The van der Waals surface area contributed by atoms with Crippen LogP contribution < -0.4 is 10.3 Å². The Morgan fingerprint density at radius 2 is 1.83 bits per heavy atom. The summed E-state index contributed by atoms with van der Waals surface area (Å²) in [4.78, 5) is 30.6. The van der Waals surface area contributed by atoms with Gasteiger partial charge in [-0.1, -0.05) is 6.42 Å². The zero-order valence-corrected chi connectivity index (χ0v) is 17.0. The van der Waals surface area contributed by atoms with E-state index in [9.17, 15) is 14.0 Å². The Kier molecular flexibility index (Phi) is 5.95. The molecule has 2 heterocycles. The van der Waals surface area contributed by atoms with Crippen LogP contribution in [0.5, 0.6) is 5.75 Å². The monoisotopic (exact) mass is 408 g/mol. The maximum Gasteiger partial charge on any atom is 0.248 e. The number of Topliss-reactive ketones (excluding diaryl/α,β-unsaturated/α-hetero) is 1. The van der Waals surface area contributed by atoms with E-state index in [0.717, 1.165) is 42.4 Å². The van der Waals surface area contributed by atoms with E-state index in [2.05, 4.69) is 9.88 Å². The summed E-state index contributed by atoms with van der Waals surface area (Å²) < 4.78 is 18.7. The van der Waals surface area contributed by atoms with Gasteiger partial charge >= 0.3 is 0 Å². The quantitative estimate of drug-likeness (QED) is 0.611. The number of H-pyrrole nitrogens is 1. The fourth-order valence-electron chi connectivity index (χ4n) is 4.26. The number of rotatable bonds is 6. The number of ketones is 1. The Labute approximate surface area is 174 Å². The van der Waals surface area contributed by atoms with Crippen molar-refractivity contribution in [2.75, 3.05) is 20.2 Å². The van der Waals surface area contributed by atoms with E-state index in [-0.39, 0.29) is 29.6 Å². The van der Waals surface area contributed by atoms with Gasteiger partial charge in [-0.15, -0.1) is 0 Å². The van der Waals surface area contributed by atoms with Crippen LogP contribution in [0.25, 0.3) is 10.9 Å². The van der Waals surface area contributed by atoms with Crippen LogP contribution >= 0.6 is 0 Å². The van der Waals surface area contributed by atoms with Crippen molar-refractivity contribution in [2.45, 2.75) is 31.7 Å². The zero-order chi connectivity index (χ0) is 21.1. The lowest BCUT2D eigenvalue weighted by atomic mass is 9.92. The molecule has 1 atom stereocenters. The Balaban J connectivity index is 1.78. The molecule has 6 heteroatoms. The van der Waals surface area contributed by atoms with Crippen molar-refractivity contribution in [3.63, 3.8) is 0 Å². The Morgan fingerprint density at radius 3 is 2.53 bits per heavy atom. The lowest BCUT2D eigenvalue weighted by molar-refractivity contribution is 0.0896. The second-order valence-electron chi connectivity index (χ2n) is 7.75. The highest BCUT2D eigenvalue weighted by Crippen LogP contribution is 2.33. The molecule has 3 aromatic rings. The van der Waals surface area contributed by atoms with Gasteiger partial charge in [0.25, 0.3) is 0 Å². The molecule has 30 heavy (non-hydrogen) atoms. The van der Waals surface area contributed by atoms with Crippen molar-refractivity contribution < 1.29 is 13.9 Å². The molecule has 0 radical (unpaired) electrons. The molecule has 0 bridgehead atoms. The number of methoxy groups -OCH3 is 1. The number of fused-ring (bicyclic) bond motifs is 1. The molecule has 1 aromatic heterocycles. The minimum Gasteiger partial charge on any atom is -0.497 e. The van der Waals surface area contributed by atoms with Gasteiger partial charge in [0.1, 0.15) is 11.6 Å².